The highest BCUT2D eigenvalue weighted by molar-refractivity contribution is 8.01. The predicted octanol–water partition coefficient (Wildman–Crippen LogP) is 5.87. The Hall–Kier alpha value is -2.29. The molecule has 4 rings (SSSR count). The molecule has 0 aliphatic heterocycles. The normalized spacial score (nSPS) is 18.7. The third kappa shape index (κ3) is 3.47. The summed E-state index contributed by atoms with van der Waals surface area (Å²) in [5.74, 6) is -0.0349. The molecular weight excluding hydrogens is 374 g/mol. The molecule has 5 heteroatoms. The number of nitrogens with zero attached hydrogens (tertiary/aromatic N) is 1. The van der Waals surface area contributed by atoms with Gasteiger partial charge in [0.1, 0.15) is 0 Å². The van der Waals surface area contributed by atoms with Crippen LogP contribution in [0, 0.1) is 17.2 Å². The summed E-state index contributed by atoms with van der Waals surface area (Å²) in [4.78, 5) is 13.2. The van der Waals surface area contributed by atoms with Gasteiger partial charge in [-0.2, -0.15) is 5.26 Å². The number of thioether (sulfide) groups is 1. The van der Waals surface area contributed by atoms with Crippen molar-refractivity contribution in [3.05, 3.63) is 54.1 Å². The predicted molar refractivity (Wildman–Crippen MR) is 111 cm³/mol. The van der Waals surface area contributed by atoms with Gasteiger partial charge in [-0.1, -0.05) is 30.3 Å². The maximum absolute atomic E-state index is 12.0. The number of benzene rings is 2. The highest BCUT2D eigenvalue weighted by Gasteiger charge is 2.38. The Morgan fingerprint density at radius 3 is 2.70 bits per heavy atom. The molecule has 1 aromatic heterocycles. The van der Waals surface area contributed by atoms with Gasteiger partial charge in [-0.05, 0) is 48.9 Å². The maximum atomic E-state index is 12.0. The zero-order chi connectivity index (χ0) is 18.8. The third-order valence-corrected chi connectivity index (χ3v) is 7.65. The van der Waals surface area contributed by atoms with E-state index in [4.69, 9.17) is 4.74 Å². The first kappa shape index (κ1) is 18.1. The Morgan fingerprint density at radius 2 is 2.00 bits per heavy atom. The topological polar surface area (TPSA) is 50.1 Å². The molecule has 0 saturated heterocycles. The minimum Gasteiger partial charge on any atom is -0.466 e. The monoisotopic (exact) mass is 393 g/mol. The fraction of sp³-hybridized carbons (Fsp3) is 0.273. The molecule has 0 bridgehead atoms. The lowest BCUT2D eigenvalue weighted by Crippen LogP contribution is -2.36. The Labute approximate surface area is 167 Å². The molecule has 2 aromatic carbocycles. The third-order valence-electron chi connectivity index (χ3n) is 4.96. The zero-order valence-corrected chi connectivity index (χ0v) is 16.6. The second-order valence-electron chi connectivity index (χ2n) is 6.53. The number of fused-ring (bicyclic) bond motifs is 1. The minimum absolute atomic E-state index is 0.0243. The molecule has 3 aromatic rings. The molecule has 2 unspecified atom stereocenters. The fourth-order valence-electron chi connectivity index (χ4n) is 3.42. The van der Waals surface area contributed by atoms with Crippen LogP contribution in [0.2, 0.25) is 0 Å². The van der Waals surface area contributed by atoms with Crippen LogP contribution < -0.4 is 0 Å². The van der Waals surface area contributed by atoms with E-state index in [2.05, 4.69) is 24.3 Å². The van der Waals surface area contributed by atoms with Gasteiger partial charge in [0.25, 0.3) is 0 Å². The quantitative estimate of drug-likeness (QED) is 0.508. The average molecular weight is 394 g/mol. The molecule has 1 aliphatic rings. The second kappa shape index (κ2) is 7.75. The molecule has 2 atom stereocenters. The summed E-state index contributed by atoms with van der Waals surface area (Å²) in [6.07, 6.45) is 1.98. The van der Waals surface area contributed by atoms with Gasteiger partial charge in [0.05, 0.1) is 28.4 Å². The Morgan fingerprint density at radius 1 is 1.19 bits per heavy atom. The van der Waals surface area contributed by atoms with Gasteiger partial charge in [0.2, 0.25) is 0 Å². The van der Waals surface area contributed by atoms with Crippen molar-refractivity contribution in [3.8, 4) is 16.5 Å². The van der Waals surface area contributed by atoms with E-state index in [0.717, 1.165) is 29.2 Å². The molecule has 1 aliphatic carbocycles. The Bertz CT molecular complexity index is 1030. The number of carbonyl (C=O) groups is 1. The first-order valence-electron chi connectivity index (χ1n) is 9.06. The van der Waals surface area contributed by atoms with Crippen molar-refractivity contribution < 1.29 is 9.53 Å². The smallest absolute Gasteiger partial charge is 0.310 e. The van der Waals surface area contributed by atoms with Crippen molar-refractivity contribution in [2.24, 2.45) is 5.92 Å². The lowest BCUT2D eigenvalue weighted by Gasteiger charge is -2.33. The van der Waals surface area contributed by atoms with Crippen molar-refractivity contribution >= 4 is 39.8 Å². The lowest BCUT2D eigenvalue weighted by atomic mass is 9.85. The summed E-state index contributed by atoms with van der Waals surface area (Å²) in [5, 5.41) is 11.8. The van der Waals surface area contributed by atoms with E-state index in [1.54, 1.807) is 23.1 Å². The molecule has 3 nitrogen and oxygen atoms in total. The van der Waals surface area contributed by atoms with Gasteiger partial charge >= 0.3 is 5.97 Å². The average Bonchev–Trinajstić information content (AvgIpc) is 3.13. The van der Waals surface area contributed by atoms with Crippen LogP contribution in [0.5, 0.6) is 0 Å². The lowest BCUT2D eigenvalue weighted by molar-refractivity contribution is -0.150. The molecule has 0 amide bonds. The van der Waals surface area contributed by atoms with Crippen molar-refractivity contribution in [1.82, 2.24) is 0 Å². The number of thiophene rings is 1. The molecule has 1 heterocycles. The number of hydrogen-bond acceptors (Lipinski definition) is 5. The Kier molecular flexibility index (Phi) is 5.20. The van der Waals surface area contributed by atoms with Gasteiger partial charge in [-0.25, -0.2) is 0 Å². The largest absolute Gasteiger partial charge is 0.466 e. The number of esters is 1. The van der Waals surface area contributed by atoms with Gasteiger partial charge in [0.15, 0.2) is 0 Å². The number of nitriles is 1. The van der Waals surface area contributed by atoms with Crippen molar-refractivity contribution in [2.75, 3.05) is 6.61 Å². The summed E-state index contributed by atoms with van der Waals surface area (Å²) in [6.45, 7) is 2.30. The molecular formula is C22H19NO2S2. The maximum Gasteiger partial charge on any atom is 0.310 e. The highest BCUT2D eigenvalue weighted by atomic mass is 32.2. The standard InChI is InChI=1S/C22H19NO2S2/c1-2-25-22(24)18-9-10-20(18)27-21-12-11-19(26-21)17-8-7-14(13-23)15-5-3-4-6-16(15)17/h3-8,11-12,18,20H,2,9-10H2,1H3. The van der Waals surface area contributed by atoms with E-state index in [1.165, 1.54) is 9.09 Å². The molecule has 0 radical (unpaired) electrons. The van der Waals surface area contributed by atoms with Gasteiger partial charge in [-0.3, -0.25) is 4.79 Å². The van der Waals surface area contributed by atoms with Crippen LogP contribution in [-0.4, -0.2) is 17.8 Å². The van der Waals surface area contributed by atoms with E-state index in [-0.39, 0.29) is 11.9 Å². The summed E-state index contributed by atoms with van der Waals surface area (Å²) in [7, 11) is 0. The van der Waals surface area contributed by atoms with Crippen LogP contribution in [0.4, 0.5) is 0 Å². The Balaban J connectivity index is 1.58. The number of hydrogen-bond donors (Lipinski definition) is 0. The summed E-state index contributed by atoms with van der Waals surface area (Å²) in [6, 6.07) is 18.5. The molecule has 1 fully saturated rings. The van der Waals surface area contributed by atoms with Crippen LogP contribution in [0.15, 0.2) is 52.7 Å². The van der Waals surface area contributed by atoms with E-state index in [1.807, 2.05) is 37.3 Å². The second-order valence-corrected chi connectivity index (χ2v) is 9.15. The first-order valence-corrected chi connectivity index (χ1v) is 10.8. The van der Waals surface area contributed by atoms with Crippen LogP contribution in [0.3, 0.4) is 0 Å². The first-order chi connectivity index (χ1) is 13.2. The van der Waals surface area contributed by atoms with Crippen molar-refractivity contribution in [3.63, 3.8) is 0 Å². The number of ether oxygens (including phenoxy) is 1. The highest BCUT2D eigenvalue weighted by Crippen LogP contribution is 2.46. The summed E-state index contributed by atoms with van der Waals surface area (Å²) in [5.41, 5.74) is 1.85. The molecule has 27 heavy (non-hydrogen) atoms. The van der Waals surface area contributed by atoms with Gasteiger partial charge in [0, 0.05) is 15.5 Å². The number of carbonyl (C=O) groups excluding carboxylic acids is 1. The van der Waals surface area contributed by atoms with Gasteiger partial charge in [-0.15, -0.1) is 23.1 Å². The van der Waals surface area contributed by atoms with Crippen molar-refractivity contribution in [2.45, 2.75) is 29.2 Å². The van der Waals surface area contributed by atoms with Crippen molar-refractivity contribution in [1.29, 1.82) is 5.26 Å². The summed E-state index contributed by atoms with van der Waals surface area (Å²) < 4.78 is 6.40. The molecule has 0 N–H and O–H groups in total. The van der Waals surface area contributed by atoms with Gasteiger partial charge < -0.3 is 4.74 Å². The summed E-state index contributed by atoms with van der Waals surface area (Å²) >= 11 is 3.53. The van der Waals surface area contributed by atoms with Crippen LogP contribution in [0.25, 0.3) is 21.2 Å². The van der Waals surface area contributed by atoms with Crippen LogP contribution in [-0.2, 0) is 9.53 Å². The molecule has 1 saturated carbocycles. The fourth-order valence-corrected chi connectivity index (χ4v) is 6.14. The minimum atomic E-state index is -0.0592. The van der Waals surface area contributed by atoms with Crippen LogP contribution >= 0.6 is 23.1 Å². The molecule has 136 valence electrons. The zero-order valence-electron chi connectivity index (χ0n) is 15.0. The van der Waals surface area contributed by atoms with E-state index >= 15 is 0 Å². The van der Waals surface area contributed by atoms with E-state index < -0.39 is 0 Å². The van der Waals surface area contributed by atoms with E-state index in [9.17, 15) is 10.1 Å². The number of rotatable bonds is 5. The van der Waals surface area contributed by atoms with E-state index in [0.29, 0.717) is 17.4 Å². The molecule has 0 spiro atoms. The SMILES string of the molecule is CCOC(=O)C1CCC1Sc1ccc(-c2ccc(C#N)c3ccccc23)s1. The van der Waals surface area contributed by atoms with Crippen LogP contribution in [0.1, 0.15) is 25.3 Å².